The van der Waals surface area contributed by atoms with Crippen LogP contribution in [0.15, 0.2) is 53.0 Å². The molecule has 92 valence electrons. The molecule has 2 aromatic carbocycles. The zero-order valence-electron chi connectivity index (χ0n) is 9.47. The first-order valence-corrected chi connectivity index (χ1v) is 6.16. The highest BCUT2D eigenvalue weighted by Crippen LogP contribution is 2.30. The average Bonchev–Trinajstić information content (AvgIpc) is 2.37. The van der Waals surface area contributed by atoms with E-state index in [9.17, 15) is 4.79 Å². The van der Waals surface area contributed by atoms with E-state index in [2.05, 4.69) is 20.7 Å². The number of carbonyl (C=O) groups is 1. The maximum Gasteiger partial charge on any atom is 0.506 e. The Bertz CT molecular complexity index is 566. The largest absolute Gasteiger partial charge is 0.506 e. The van der Waals surface area contributed by atoms with Gasteiger partial charge in [0.15, 0.2) is 0 Å². The van der Waals surface area contributed by atoms with Crippen LogP contribution in [0.3, 0.4) is 0 Å². The number of rotatable bonds is 3. The Kier molecular flexibility index (Phi) is 3.99. The lowest BCUT2D eigenvalue weighted by molar-refractivity contribution is 0.0855. The van der Waals surface area contributed by atoms with Gasteiger partial charge in [0, 0.05) is 4.47 Å². The molecule has 0 aliphatic carbocycles. The third-order valence-corrected chi connectivity index (χ3v) is 3.22. The third-order valence-electron chi connectivity index (χ3n) is 2.53. The monoisotopic (exact) mass is 306 g/mol. The molecule has 18 heavy (non-hydrogen) atoms. The summed E-state index contributed by atoms with van der Waals surface area (Å²) < 4.78 is 5.60. The van der Waals surface area contributed by atoms with Crippen molar-refractivity contribution in [3.05, 3.63) is 58.6 Å². The van der Waals surface area contributed by atoms with Gasteiger partial charge in [-0.2, -0.15) is 0 Å². The van der Waals surface area contributed by atoms with Gasteiger partial charge in [0.25, 0.3) is 0 Å². The lowest BCUT2D eigenvalue weighted by atomic mass is 10.0. The first-order chi connectivity index (χ1) is 8.68. The van der Waals surface area contributed by atoms with Crippen LogP contribution in [0.2, 0.25) is 0 Å². The van der Waals surface area contributed by atoms with E-state index in [1.807, 2.05) is 48.5 Å². The lowest BCUT2D eigenvalue weighted by Crippen LogP contribution is -2.01. The van der Waals surface area contributed by atoms with Gasteiger partial charge in [0.1, 0.15) is 6.61 Å². The van der Waals surface area contributed by atoms with Crippen molar-refractivity contribution in [2.45, 2.75) is 6.61 Å². The molecule has 0 amide bonds. The van der Waals surface area contributed by atoms with E-state index >= 15 is 0 Å². The Balaban J connectivity index is 2.39. The second-order valence-electron chi connectivity index (χ2n) is 3.69. The second-order valence-corrected chi connectivity index (χ2v) is 4.55. The fraction of sp³-hybridized carbons (Fsp3) is 0.0714. The maximum atomic E-state index is 10.5. The SMILES string of the molecule is O=C(O)OCc1ccccc1-c1ccccc1Br. The van der Waals surface area contributed by atoms with Crippen molar-refractivity contribution in [2.24, 2.45) is 0 Å². The first kappa shape index (κ1) is 12.6. The van der Waals surface area contributed by atoms with Crippen LogP contribution in [0.5, 0.6) is 0 Å². The van der Waals surface area contributed by atoms with Crippen molar-refractivity contribution in [1.82, 2.24) is 0 Å². The van der Waals surface area contributed by atoms with E-state index in [-0.39, 0.29) is 6.61 Å². The predicted molar refractivity (Wildman–Crippen MR) is 72.4 cm³/mol. The van der Waals surface area contributed by atoms with Crippen LogP contribution in [-0.4, -0.2) is 11.3 Å². The van der Waals surface area contributed by atoms with Gasteiger partial charge in [-0.25, -0.2) is 4.79 Å². The highest BCUT2D eigenvalue weighted by molar-refractivity contribution is 9.10. The van der Waals surface area contributed by atoms with Crippen molar-refractivity contribution in [3.63, 3.8) is 0 Å². The van der Waals surface area contributed by atoms with E-state index < -0.39 is 6.16 Å². The van der Waals surface area contributed by atoms with Gasteiger partial charge >= 0.3 is 6.16 Å². The molecule has 0 aliphatic rings. The van der Waals surface area contributed by atoms with Gasteiger partial charge in [0.2, 0.25) is 0 Å². The number of hydrogen-bond acceptors (Lipinski definition) is 2. The molecule has 0 heterocycles. The zero-order valence-corrected chi connectivity index (χ0v) is 11.1. The minimum Gasteiger partial charge on any atom is -0.450 e. The molecule has 0 atom stereocenters. The maximum absolute atomic E-state index is 10.5. The molecular weight excluding hydrogens is 296 g/mol. The quantitative estimate of drug-likeness (QED) is 0.859. The summed E-state index contributed by atoms with van der Waals surface area (Å²) in [5.41, 5.74) is 2.82. The molecule has 0 aliphatic heterocycles. The van der Waals surface area contributed by atoms with Gasteiger partial charge in [-0.3, -0.25) is 0 Å². The van der Waals surface area contributed by atoms with Gasteiger partial charge in [-0.1, -0.05) is 58.4 Å². The molecule has 2 rings (SSSR count). The molecule has 3 nitrogen and oxygen atoms in total. The van der Waals surface area contributed by atoms with Crippen LogP contribution in [0.25, 0.3) is 11.1 Å². The molecule has 0 saturated carbocycles. The Morgan fingerprint density at radius 1 is 1.06 bits per heavy atom. The predicted octanol–water partition coefficient (Wildman–Crippen LogP) is 4.31. The fourth-order valence-corrected chi connectivity index (χ4v) is 2.23. The molecule has 0 bridgehead atoms. The lowest BCUT2D eigenvalue weighted by Gasteiger charge is -2.10. The number of ether oxygens (including phenoxy) is 1. The van der Waals surface area contributed by atoms with Gasteiger partial charge < -0.3 is 9.84 Å². The normalized spacial score (nSPS) is 10.1. The van der Waals surface area contributed by atoms with Crippen LogP contribution in [0.4, 0.5) is 4.79 Å². The molecule has 0 aromatic heterocycles. The molecular formula is C14H11BrO3. The smallest absolute Gasteiger partial charge is 0.450 e. The third kappa shape index (κ3) is 2.90. The minimum absolute atomic E-state index is 0.0485. The van der Waals surface area contributed by atoms with Gasteiger partial charge in [-0.15, -0.1) is 0 Å². The Morgan fingerprint density at radius 2 is 1.67 bits per heavy atom. The summed E-state index contributed by atoms with van der Waals surface area (Å²) in [7, 11) is 0. The average molecular weight is 307 g/mol. The van der Waals surface area contributed by atoms with Crippen LogP contribution in [0, 0.1) is 0 Å². The first-order valence-electron chi connectivity index (χ1n) is 5.37. The standard InChI is InChI=1S/C14H11BrO3/c15-13-8-4-3-7-12(13)11-6-2-1-5-10(11)9-18-14(16)17/h1-8H,9H2,(H,16,17). The summed E-state index contributed by atoms with van der Waals surface area (Å²) in [5.74, 6) is 0. The van der Waals surface area contributed by atoms with E-state index in [0.717, 1.165) is 21.2 Å². The van der Waals surface area contributed by atoms with Crippen molar-refractivity contribution < 1.29 is 14.6 Å². The summed E-state index contributed by atoms with van der Waals surface area (Å²) in [4.78, 5) is 10.5. The van der Waals surface area contributed by atoms with Crippen molar-refractivity contribution in [2.75, 3.05) is 0 Å². The summed E-state index contributed by atoms with van der Waals surface area (Å²) in [6.45, 7) is 0.0485. The number of hydrogen-bond donors (Lipinski definition) is 1. The van der Waals surface area contributed by atoms with E-state index in [0.29, 0.717) is 0 Å². The molecule has 4 heteroatoms. The second kappa shape index (κ2) is 5.69. The Morgan fingerprint density at radius 3 is 2.33 bits per heavy atom. The summed E-state index contributed by atoms with van der Waals surface area (Å²) in [5, 5.41) is 8.56. The number of benzene rings is 2. The summed E-state index contributed by atoms with van der Waals surface area (Å²) in [6, 6.07) is 15.4. The van der Waals surface area contributed by atoms with Crippen LogP contribution >= 0.6 is 15.9 Å². The van der Waals surface area contributed by atoms with Crippen LogP contribution < -0.4 is 0 Å². The Labute approximate surface area is 113 Å². The molecule has 0 spiro atoms. The molecule has 2 aromatic rings. The van der Waals surface area contributed by atoms with Crippen molar-refractivity contribution in [3.8, 4) is 11.1 Å². The Hall–Kier alpha value is -1.81. The topological polar surface area (TPSA) is 46.5 Å². The highest BCUT2D eigenvalue weighted by Gasteiger charge is 2.08. The van der Waals surface area contributed by atoms with Crippen molar-refractivity contribution in [1.29, 1.82) is 0 Å². The van der Waals surface area contributed by atoms with Crippen molar-refractivity contribution >= 4 is 22.1 Å². The number of carboxylic acid groups (broad SMARTS) is 1. The highest BCUT2D eigenvalue weighted by atomic mass is 79.9. The molecule has 0 fully saturated rings. The van der Waals surface area contributed by atoms with Gasteiger partial charge in [-0.05, 0) is 22.8 Å². The molecule has 0 saturated heterocycles. The van der Waals surface area contributed by atoms with Crippen LogP contribution in [0.1, 0.15) is 5.56 Å². The van der Waals surface area contributed by atoms with E-state index in [1.54, 1.807) is 0 Å². The van der Waals surface area contributed by atoms with Crippen LogP contribution in [-0.2, 0) is 11.3 Å². The molecule has 0 unspecified atom stereocenters. The zero-order chi connectivity index (χ0) is 13.0. The van der Waals surface area contributed by atoms with Gasteiger partial charge in [0.05, 0.1) is 0 Å². The number of halogens is 1. The fourth-order valence-electron chi connectivity index (χ4n) is 1.73. The minimum atomic E-state index is -1.27. The van der Waals surface area contributed by atoms with E-state index in [4.69, 9.17) is 5.11 Å². The molecule has 1 N–H and O–H groups in total. The summed E-state index contributed by atoms with van der Waals surface area (Å²) in [6.07, 6.45) is -1.27. The summed E-state index contributed by atoms with van der Waals surface area (Å²) >= 11 is 3.49. The van der Waals surface area contributed by atoms with E-state index in [1.165, 1.54) is 0 Å². The molecule has 0 radical (unpaired) electrons.